The van der Waals surface area contributed by atoms with Crippen LogP contribution < -0.4 is 15.4 Å². The third-order valence-corrected chi connectivity index (χ3v) is 3.38. The number of hydrogen-bond acceptors (Lipinski definition) is 5. The Labute approximate surface area is 123 Å². The Kier molecular flexibility index (Phi) is 6.00. The third-order valence-electron chi connectivity index (χ3n) is 2.84. The Bertz CT molecular complexity index is 412. The van der Waals surface area contributed by atoms with Gasteiger partial charge in [0, 0.05) is 13.1 Å². The molecule has 0 aliphatic rings. The zero-order valence-electron chi connectivity index (χ0n) is 12.1. The van der Waals surface area contributed by atoms with Crippen LogP contribution in [-0.4, -0.2) is 36.7 Å². The Morgan fingerprint density at radius 3 is 2.68 bits per heavy atom. The SMILES string of the molecule is CCCN(CC(C)(C)CN)c1ncc(Br)c(OC)n1. The highest BCUT2D eigenvalue weighted by molar-refractivity contribution is 9.10. The van der Waals surface area contributed by atoms with Gasteiger partial charge in [0.05, 0.1) is 17.8 Å². The number of anilines is 1. The van der Waals surface area contributed by atoms with Gasteiger partial charge in [-0.2, -0.15) is 4.98 Å². The molecule has 0 aliphatic heterocycles. The van der Waals surface area contributed by atoms with Gasteiger partial charge in [-0.15, -0.1) is 0 Å². The molecule has 0 atom stereocenters. The molecule has 1 rings (SSSR count). The minimum atomic E-state index is 0.0266. The third kappa shape index (κ3) is 4.62. The summed E-state index contributed by atoms with van der Waals surface area (Å²) >= 11 is 3.37. The van der Waals surface area contributed by atoms with Crippen LogP contribution in [0.5, 0.6) is 5.88 Å². The van der Waals surface area contributed by atoms with E-state index in [-0.39, 0.29) is 5.41 Å². The number of aromatic nitrogens is 2. The topological polar surface area (TPSA) is 64.3 Å². The summed E-state index contributed by atoms with van der Waals surface area (Å²) in [6, 6.07) is 0. The average Bonchev–Trinajstić information content (AvgIpc) is 2.38. The molecule has 0 bridgehead atoms. The number of rotatable bonds is 7. The summed E-state index contributed by atoms with van der Waals surface area (Å²) in [5.74, 6) is 1.24. The molecule has 108 valence electrons. The van der Waals surface area contributed by atoms with Gasteiger partial charge in [0.15, 0.2) is 0 Å². The highest BCUT2D eigenvalue weighted by Crippen LogP contribution is 2.25. The van der Waals surface area contributed by atoms with Crippen LogP contribution in [0.3, 0.4) is 0 Å². The highest BCUT2D eigenvalue weighted by Gasteiger charge is 2.22. The lowest BCUT2D eigenvalue weighted by Crippen LogP contribution is -2.40. The average molecular weight is 331 g/mol. The van der Waals surface area contributed by atoms with Gasteiger partial charge in [-0.3, -0.25) is 0 Å². The van der Waals surface area contributed by atoms with Crippen molar-refractivity contribution in [1.82, 2.24) is 9.97 Å². The molecule has 0 unspecified atom stereocenters. The predicted molar refractivity (Wildman–Crippen MR) is 81.6 cm³/mol. The highest BCUT2D eigenvalue weighted by atomic mass is 79.9. The molecule has 5 nitrogen and oxygen atoms in total. The van der Waals surface area contributed by atoms with Gasteiger partial charge in [-0.1, -0.05) is 20.8 Å². The first-order valence-electron chi connectivity index (χ1n) is 6.45. The molecule has 0 aromatic carbocycles. The van der Waals surface area contributed by atoms with Crippen molar-refractivity contribution in [2.75, 3.05) is 31.6 Å². The second-order valence-electron chi connectivity index (χ2n) is 5.32. The number of nitrogens with zero attached hydrogens (tertiary/aromatic N) is 3. The van der Waals surface area contributed by atoms with Gasteiger partial charge in [-0.25, -0.2) is 4.98 Å². The molecule has 0 spiro atoms. The number of hydrogen-bond donors (Lipinski definition) is 1. The summed E-state index contributed by atoms with van der Waals surface area (Å²) in [6.45, 7) is 8.77. The summed E-state index contributed by atoms with van der Waals surface area (Å²) < 4.78 is 5.98. The van der Waals surface area contributed by atoms with E-state index in [4.69, 9.17) is 10.5 Å². The molecule has 2 N–H and O–H groups in total. The van der Waals surface area contributed by atoms with Gasteiger partial charge < -0.3 is 15.4 Å². The van der Waals surface area contributed by atoms with Crippen molar-refractivity contribution in [1.29, 1.82) is 0 Å². The van der Waals surface area contributed by atoms with Crippen LogP contribution in [0, 0.1) is 5.41 Å². The van der Waals surface area contributed by atoms with E-state index in [1.807, 2.05) is 0 Å². The van der Waals surface area contributed by atoms with E-state index in [0.717, 1.165) is 24.0 Å². The second kappa shape index (κ2) is 7.05. The van der Waals surface area contributed by atoms with Crippen molar-refractivity contribution in [3.05, 3.63) is 10.7 Å². The minimum Gasteiger partial charge on any atom is -0.480 e. The van der Waals surface area contributed by atoms with Crippen LogP contribution in [0.2, 0.25) is 0 Å². The standard InChI is InChI=1S/C13H23BrN4O/c1-5-6-18(9-13(2,3)8-15)12-16-7-10(14)11(17-12)19-4/h7H,5-6,8-9,15H2,1-4H3. The van der Waals surface area contributed by atoms with Gasteiger partial charge in [0.2, 0.25) is 11.8 Å². The molecule has 19 heavy (non-hydrogen) atoms. The van der Waals surface area contributed by atoms with E-state index in [2.05, 4.69) is 51.6 Å². The van der Waals surface area contributed by atoms with Crippen LogP contribution in [0.1, 0.15) is 27.2 Å². The van der Waals surface area contributed by atoms with Crippen molar-refractivity contribution in [2.45, 2.75) is 27.2 Å². The van der Waals surface area contributed by atoms with Crippen LogP contribution in [0.15, 0.2) is 10.7 Å². The molecule has 0 saturated carbocycles. The van der Waals surface area contributed by atoms with E-state index < -0.39 is 0 Å². The fourth-order valence-corrected chi connectivity index (χ4v) is 2.09. The van der Waals surface area contributed by atoms with Crippen molar-refractivity contribution in [2.24, 2.45) is 11.1 Å². The summed E-state index contributed by atoms with van der Waals surface area (Å²) in [5.41, 5.74) is 5.84. The second-order valence-corrected chi connectivity index (χ2v) is 6.17. The summed E-state index contributed by atoms with van der Waals surface area (Å²) in [4.78, 5) is 11.0. The molecular formula is C13H23BrN4O. The fraction of sp³-hybridized carbons (Fsp3) is 0.692. The Morgan fingerprint density at radius 2 is 2.16 bits per heavy atom. The molecule has 0 amide bonds. The van der Waals surface area contributed by atoms with Gasteiger partial charge >= 0.3 is 0 Å². The zero-order chi connectivity index (χ0) is 14.5. The van der Waals surface area contributed by atoms with Crippen molar-refractivity contribution in [3.8, 4) is 5.88 Å². The van der Waals surface area contributed by atoms with Crippen LogP contribution in [-0.2, 0) is 0 Å². The molecule has 1 heterocycles. The first-order valence-corrected chi connectivity index (χ1v) is 7.24. The Balaban J connectivity index is 2.98. The maximum Gasteiger partial charge on any atom is 0.232 e. The van der Waals surface area contributed by atoms with Crippen LogP contribution in [0.25, 0.3) is 0 Å². The Morgan fingerprint density at radius 1 is 1.47 bits per heavy atom. The number of nitrogens with two attached hydrogens (primary N) is 1. The fourth-order valence-electron chi connectivity index (χ4n) is 1.74. The predicted octanol–water partition coefficient (Wildman–Crippen LogP) is 2.45. The summed E-state index contributed by atoms with van der Waals surface area (Å²) in [7, 11) is 1.60. The minimum absolute atomic E-state index is 0.0266. The first kappa shape index (κ1) is 16.2. The van der Waals surface area contributed by atoms with Gasteiger partial charge in [0.25, 0.3) is 0 Å². The molecule has 0 aliphatic carbocycles. The molecule has 0 saturated heterocycles. The van der Waals surface area contributed by atoms with Crippen molar-refractivity contribution >= 4 is 21.9 Å². The number of methoxy groups -OCH3 is 1. The Hall–Kier alpha value is -0.880. The van der Waals surface area contributed by atoms with E-state index in [1.54, 1.807) is 13.3 Å². The van der Waals surface area contributed by atoms with Crippen molar-refractivity contribution in [3.63, 3.8) is 0 Å². The van der Waals surface area contributed by atoms with Crippen molar-refractivity contribution < 1.29 is 4.74 Å². The normalized spacial score (nSPS) is 11.5. The molecule has 1 aromatic heterocycles. The smallest absolute Gasteiger partial charge is 0.232 e. The van der Waals surface area contributed by atoms with E-state index in [9.17, 15) is 0 Å². The van der Waals surface area contributed by atoms with E-state index in [0.29, 0.717) is 18.4 Å². The quantitative estimate of drug-likeness (QED) is 0.831. The molecule has 0 radical (unpaired) electrons. The van der Waals surface area contributed by atoms with Gasteiger partial charge in [-0.05, 0) is 34.3 Å². The summed E-state index contributed by atoms with van der Waals surface area (Å²) in [6.07, 6.45) is 2.75. The lowest BCUT2D eigenvalue weighted by atomic mass is 9.93. The largest absolute Gasteiger partial charge is 0.480 e. The molecular weight excluding hydrogens is 308 g/mol. The number of halogens is 1. The lowest BCUT2D eigenvalue weighted by Gasteiger charge is -2.31. The lowest BCUT2D eigenvalue weighted by molar-refractivity contribution is 0.370. The van der Waals surface area contributed by atoms with E-state index in [1.165, 1.54) is 0 Å². The van der Waals surface area contributed by atoms with Crippen LogP contribution in [0.4, 0.5) is 5.95 Å². The number of ether oxygens (including phenoxy) is 1. The first-order chi connectivity index (χ1) is 8.93. The maximum absolute atomic E-state index is 5.81. The molecule has 0 fully saturated rings. The zero-order valence-corrected chi connectivity index (χ0v) is 13.7. The van der Waals surface area contributed by atoms with Gasteiger partial charge in [0.1, 0.15) is 0 Å². The van der Waals surface area contributed by atoms with Crippen LogP contribution >= 0.6 is 15.9 Å². The summed E-state index contributed by atoms with van der Waals surface area (Å²) in [5, 5.41) is 0. The molecule has 1 aromatic rings. The maximum atomic E-state index is 5.81. The monoisotopic (exact) mass is 330 g/mol. The van der Waals surface area contributed by atoms with E-state index >= 15 is 0 Å². The molecule has 6 heteroatoms.